The van der Waals surface area contributed by atoms with Crippen molar-refractivity contribution in [3.63, 3.8) is 0 Å². The monoisotopic (exact) mass is 397 g/mol. The van der Waals surface area contributed by atoms with Crippen LogP contribution in [0.15, 0.2) is 64.3 Å². The van der Waals surface area contributed by atoms with E-state index in [4.69, 9.17) is 0 Å². The lowest BCUT2D eigenvalue weighted by molar-refractivity contribution is 0.0845. The lowest BCUT2D eigenvalue weighted by Gasteiger charge is -2.11. The standard InChI is InChI=1S/C20H19N3O2S2/c1-2-14-7-9-15(10-8-14)19(24)22-23-20(25)17-5-3-4-6-18(17)27-12-16-11-26-13-21-16/h3-11,13H,2,12H2,1H3,(H,22,24)(H,23,25). The molecule has 0 spiro atoms. The summed E-state index contributed by atoms with van der Waals surface area (Å²) < 4.78 is 0. The van der Waals surface area contributed by atoms with E-state index in [9.17, 15) is 9.59 Å². The zero-order valence-electron chi connectivity index (χ0n) is 14.8. The average Bonchev–Trinajstić information content (AvgIpc) is 3.24. The molecular weight excluding hydrogens is 378 g/mol. The Labute approximate surface area is 166 Å². The molecule has 7 heteroatoms. The number of hydrogen-bond donors (Lipinski definition) is 2. The van der Waals surface area contributed by atoms with Gasteiger partial charge in [-0.1, -0.05) is 31.2 Å². The van der Waals surface area contributed by atoms with Crippen LogP contribution in [0.2, 0.25) is 0 Å². The minimum Gasteiger partial charge on any atom is -0.267 e. The van der Waals surface area contributed by atoms with Gasteiger partial charge in [-0.15, -0.1) is 23.1 Å². The largest absolute Gasteiger partial charge is 0.270 e. The highest BCUT2D eigenvalue weighted by Gasteiger charge is 2.13. The average molecular weight is 398 g/mol. The van der Waals surface area contributed by atoms with Crippen LogP contribution in [0.3, 0.4) is 0 Å². The van der Waals surface area contributed by atoms with Crippen LogP contribution in [-0.2, 0) is 12.2 Å². The molecule has 0 radical (unpaired) electrons. The summed E-state index contributed by atoms with van der Waals surface area (Å²) in [5.41, 5.74) is 9.90. The molecule has 5 nitrogen and oxygen atoms in total. The fourth-order valence-corrected chi connectivity index (χ4v) is 4.00. The molecule has 3 rings (SSSR count). The van der Waals surface area contributed by atoms with Gasteiger partial charge in [0.15, 0.2) is 0 Å². The first-order valence-corrected chi connectivity index (χ1v) is 10.4. The molecule has 0 saturated carbocycles. The number of aromatic nitrogens is 1. The lowest BCUT2D eigenvalue weighted by atomic mass is 10.1. The van der Waals surface area contributed by atoms with E-state index in [1.165, 1.54) is 11.8 Å². The zero-order chi connectivity index (χ0) is 19.1. The molecule has 0 saturated heterocycles. The van der Waals surface area contributed by atoms with Gasteiger partial charge in [-0.05, 0) is 36.2 Å². The summed E-state index contributed by atoms with van der Waals surface area (Å²) in [7, 11) is 0. The minimum absolute atomic E-state index is 0.349. The Kier molecular flexibility index (Phi) is 6.62. The van der Waals surface area contributed by atoms with Gasteiger partial charge in [0.1, 0.15) is 0 Å². The summed E-state index contributed by atoms with van der Waals surface area (Å²) >= 11 is 3.08. The van der Waals surface area contributed by atoms with Crippen LogP contribution in [0, 0.1) is 0 Å². The summed E-state index contributed by atoms with van der Waals surface area (Å²) in [6.45, 7) is 2.05. The summed E-state index contributed by atoms with van der Waals surface area (Å²) in [5.74, 6) is -0.0160. The Morgan fingerprint density at radius 1 is 1.04 bits per heavy atom. The molecule has 27 heavy (non-hydrogen) atoms. The van der Waals surface area contributed by atoms with Gasteiger partial charge in [-0.3, -0.25) is 20.4 Å². The maximum atomic E-state index is 12.5. The second kappa shape index (κ2) is 9.34. The Bertz CT molecular complexity index is 909. The number of thiazole rings is 1. The molecule has 0 aliphatic carbocycles. The van der Waals surface area contributed by atoms with Crippen LogP contribution in [-0.4, -0.2) is 16.8 Å². The topological polar surface area (TPSA) is 71.1 Å². The van der Waals surface area contributed by atoms with Crippen molar-refractivity contribution in [2.24, 2.45) is 0 Å². The van der Waals surface area contributed by atoms with E-state index < -0.39 is 0 Å². The molecule has 0 unspecified atom stereocenters. The van der Waals surface area contributed by atoms with Crippen molar-refractivity contribution in [3.05, 3.63) is 81.8 Å². The maximum absolute atomic E-state index is 12.5. The number of rotatable bonds is 6. The summed E-state index contributed by atoms with van der Waals surface area (Å²) in [5, 5.41) is 1.99. The maximum Gasteiger partial charge on any atom is 0.270 e. The quantitative estimate of drug-likeness (QED) is 0.486. The van der Waals surface area contributed by atoms with E-state index >= 15 is 0 Å². The van der Waals surface area contributed by atoms with E-state index in [2.05, 4.69) is 22.8 Å². The Hall–Kier alpha value is -2.64. The van der Waals surface area contributed by atoms with Crippen molar-refractivity contribution in [1.82, 2.24) is 15.8 Å². The first-order chi connectivity index (χ1) is 13.2. The molecule has 2 N–H and O–H groups in total. The van der Waals surface area contributed by atoms with Crippen LogP contribution >= 0.6 is 23.1 Å². The number of aryl methyl sites for hydroxylation is 1. The van der Waals surface area contributed by atoms with Crippen molar-refractivity contribution in [2.45, 2.75) is 24.0 Å². The third-order valence-electron chi connectivity index (χ3n) is 3.90. The molecule has 138 valence electrons. The van der Waals surface area contributed by atoms with Crippen molar-refractivity contribution >= 4 is 34.9 Å². The molecule has 0 aliphatic rings. The number of benzene rings is 2. The minimum atomic E-state index is -0.352. The van der Waals surface area contributed by atoms with Gasteiger partial charge < -0.3 is 0 Å². The molecule has 1 heterocycles. The van der Waals surface area contributed by atoms with Gasteiger partial charge >= 0.3 is 0 Å². The predicted octanol–water partition coefficient (Wildman–Crippen LogP) is 4.07. The van der Waals surface area contributed by atoms with Gasteiger partial charge in [0.05, 0.1) is 16.8 Å². The number of carbonyl (C=O) groups excluding carboxylic acids is 2. The van der Waals surface area contributed by atoms with Crippen molar-refractivity contribution in [2.75, 3.05) is 0 Å². The Morgan fingerprint density at radius 2 is 1.78 bits per heavy atom. The van der Waals surface area contributed by atoms with Gasteiger partial charge in [-0.25, -0.2) is 4.98 Å². The first kappa shape index (κ1) is 19.1. The Morgan fingerprint density at radius 3 is 2.48 bits per heavy atom. The number of carbonyl (C=O) groups is 2. The van der Waals surface area contributed by atoms with Gasteiger partial charge in [-0.2, -0.15) is 0 Å². The van der Waals surface area contributed by atoms with Crippen molar-refractivity contribution in [1.29, 1.82) is 0 Å². The predicted molar refractivity (Wildman–Crippen MR) is 109 cm³/mol. The molecule has 0 fully saturated rings. The summed E-state index contributed by atoms with van der Waals surface area (Å²) in [6.07, 6.45) is 0.911. The second-order valence-electron chi connectivity index (χ2n) is 5.72. The number of amides is 2. The zero-order valence-corrected chi connectivity index (χ0v) is 16.4. The molecule has 1 aromatic heterocycles. The van der Waals surface area contributed by atoms with Crippen LogP contribution in [0.5, 0.6) is 0 Å². The molecule has 2 amide bonds. The number of thioether (sulfide) groups is 1. The Balaban J connectivity index is 1.61. The highest BCUT2D eigenvalue weighted by molar-refractivity contribution is 7.98. The van der Waals surface area contributed by atoms with Crippen LogP contribution in [0.1, 0.15) is 38.9 Å². The van der Waals surface area contributed by atoms with E-state index in [0.717, 1.165) is 22.6 Å². The third kappa shape index (κ3) is 5.18. The molecule has 3 aromatic rings. The lowest BCUT2D eigenvalue weighted by Crippen LogP contribution is -2.41. The van der Waals surface area contributed by atoms with Crippen LogP contribution in [0.4, 0.5) is 0 Å². The fourth-order valence-electron chi connectivity index (χ4n) is 2.39. The molecular formula is C20H19N3O2S2. The van der Waals surface area contributed by atoms with E-state index in [1.807, 2.05) is 29.6 Å². The van der Waals surface area contributed by atoms with Crippen LogP contribution < -0.4 is 10.9 Å². The number of hydrogen-bond acceptors (Lipinski definition) is 5. The molecule has 0 aliphatic heterocycles. The summed E-state index contributed by atoms with van der Waals surface area (Å²) in [4.78, 5) is 29.8. The normalized spacial score (nSPS) is 10.4. The third-order valence-corrected chi connectivity index (χ3v) is 5.65. The van der Waals surface area contributed by atoms with E-state index in [-0.39, 0.29) is 11.8 Å². The van der Waals surface area contributed by atoms with Crippen LogP contribution in [0.25, 0.3) is 0 Å². The number of nitrogens with one attached hydrogen (secondary N) is 2. The van der Waals surface area contributed by atoms with Gasteiger partial charge in [0, 0.05) is 21.6 Å². The number of hydrazine groups is 1. The van der Waals surface area contributed by atoms with Crippen molar-refractivity contribution in [3.8, 4) is 0 Å². The highest BCUT2D eigenvalue weighted by atomic mass is 32.2. The smallest absolute Gasteiger partial charge is 0.267 e. The molecule has 0 bridgehead atoms. The highest BCUT2D eigenvalue weighted by Crippen LogP contribution is 2.26. The fraction of sp³-hybridized carbons (Fsp3) is 0.150. The van der Waals surface area contributed by atoms with E-state index in [1.54, 1.807) is 41.1 Å². The second-order valence-corrected chi connectivity index (χ2v) is 7.46. The molecule has 0 atom stereocenters. The van der Waals surface area contributed by atoms with Crippen molar-refractivity contribution < 1.29 is 9.59 Å². The molecule has 2 aromatic carbocycles. The SMILES string of the molecule is CCc1ccc(C(=O)NNC(=O)c2ccccc2SCc2cscn2)cc1. The van der Waals surface area contributed by atoms with E-state index in [0.29, 0.717) is 16.9 Å². The summed E-state index contributed by atoms with van der Waals surface area (Å²) in [6, 6.07) is 14.6. The van der Waals surface area contributed by atoms with Gasteiger partial charge in [0.2, 0.25) is 0 Å². The number of nitrogens with zero attached hydrogens (tertiary/aromatic N) is 1. The first-order valence-electron chi connectivity index (χ1n) is 8.46. The van der Waals surface area contributed by atoms with Gasteiger partial charge in [0.25, 0.3) is 11.8 Å².